The summed E-state index contributed by atoms with van der Waals surface area (Å²) in [6.45, 7) is 6.85. The van der Waals surface area contributed by atoms with Crippen molar-refractivity contribution in [1.82, 2.24) is 4.90 Å². The fraction of sp³-hybridized carbons (Fsp3) is 0.889. The predicted octanol–water partition coefficient (Wildman–Crippen LogP) is 1.11. The fourth-order valence-electron chi connectivity index (χ4n) is 1.51. The second-order valence-corrected chi connectivity index (χ2v) is 5.12. The van der Waals surface area contributed by atoms with Crippen molar-refractivity contribution in [3.8, 4) is 0 Å². The molecule has 0 aromatic carbocycles. The van der Waals surface area contributed by atoms with Gasteiger partial charge in [0, 0.05) is 23.6 Å². The van der Waals surface area contributed by atoms with Gasteiger partial charge in [0.15, 0.2) is 0 Å². The minimum absolute atomic E-state index is 0. The van der Waals surface area contributed by atoms with E-state index in [0.717, 1.165) is 12.3 Å². The summed E-state index contributed by atoms with van der Waals surface area (Å²) in [5.74, 6) is 1.11. The van der Waals surface area contributed by atoms with E-state index >= 15 is 0 Å². The van der Waals surface area contributed by atoms with E-state index in [9.17, 15) is 4.79 Å². The molecule has 3 atom stereocenters. The van der Waals surface area contributed by atoms with Crippen LogP contribution in [-0.2, 0) is 4.79 Å². The molecule has 0 aromatic rings. The van der Waals surface area contributed by atoms with E-state index < -0.39 is 0 Å². The number of halogens is 1. The number of nitrogens with zero attached hydrogens (tertiary/aromatic N) is 1. The number of thioether (sulfide) groups is 1. The van der Waals surface area contributed by atoms with Gasteiger partial charge < -0.3 is 10.6 Å². The maximum atomic E-state index is 11.6. The van der Waals surface area contributed by atoms with Gasteiger partial charge in [0.25, 0.3) is 0 Å². The SMILES string of the molecule is CC(N)C(=O)N1CCSC(C)C1C.Cl. The van der Waals surface area contributed by atoms with E-state index in [0.29, 0.717) is 11.3 Å². The van der Waals surface area contributed by atoms with Crippen LogP contribution in [0.4, 0.5) is 0 Å². The Hall–Kier alpha value is 0.0700. The van der Waals surface area contributed by atoms with Crippen molar-refractivity contribution >= 4 is 30.1 Å². The minimum atomic E-state index is -0.363. The zero-order valence-electron chi connectivity index (χ0n) is 8.90. The second-order valence-electron chi connectivity index (χ2n) is 3.64. The van der Waals surface area contributed by atoms with Crippen molar-refractivity contribution in [2.75, 3.05) is 12.3 Å². The highest BCUT2D eigenvalue weighted by atomic mass is 35.5. The third kappa shape index (κ3) is 3.04. The van der Waals surface area contributed by atoms with Crippen LogP contribution in [0.2, 0.25) is 0 Å². The molecule has 1 aliphatic heterocycles. The second kappa shape index (κ2) is 5.83. The molecule has 0 bridgehead atoms. The van der Waals surface area contributed by atoms with E-state index in [-0.39, 0.29) is 24.4 Å². The third-order valence-corrected chi connectivity index (χ3v) is 3.89. The first-order valence-corrected chi connectivity index (χ1v) is 5.76. The van der Waals surface area contributed by atoms with Gasteiger partial charge in [0.2, 0.25) is 5.91 Å². The molecule has 3 unspecified atom stereocenters. The molecule has 0 spiro atoms. The molecule has 1 aliphatic rings. The highest BCUT2D eigenvalue weighted by Gasteiger charge is 2.29. The van der Waals surface area contributed by atoms with Gasteiger partial charge >= 0.3 is 0 Å². The van der Waals surface area contributed by atoms with Crippen LogP contribution in [-0.4, -0.2) is 40.4 Å². The van der Waals surface area contributed by atoms with Crippen molar-refractivity contribution < 1.29 is 4.79 Å². The van der Waals surface area contributed by atoms with Gasteiger partial charge in [-0.3, -0.25) is 4.79 Å². The van der Waals surface area contributed by atoms with E-state index in [1.54, 1.807) is 6.92 Å². The van der Waals surface area contributed by atoms with Gasteiger partial charge in [-0.15, -0.1) is 12.4 Å². The van der Waals surface area contributed by atoms with Crippen LogP contribution in [0.15, 0.2) is 0 Å². The van der Waals surface area contributed by atoms with Crippen LogP contribution < -0.4 is 5.73 Å². The average molecular weight is 239 g/mol. The lowest BCUT2D eigenvalue weighted by Crippen LogP contribution is -2.52. The maximum Gasteiger partial charge on any atom is 0.239 e. The van der Waals surface area contributed by atoms with Crippen molar-refractivity contribution in [3.63, 3.8) is 0 Å². The van der Waals surface area contributed by atoms with E-state index in [1.165, 1.54) is 0 Å². The first-order valence-electron chi connectivity index (χ1n) is 4.71. The monoisotopic (exact) mass is 238 g/mol. The van der Waals surface area contributed by atoms with Crippen LogP contribution in [0, 0.1) is 0 Å². The lowest BCUT2D eigenvalue weighted by molar-refractivity contribution is -0.134. The molecule has 1 rings (SSSR count). The Morgan fingerprint density at radius 3 is 2.64 bits per heavy atom. The molecule has 1 fully saturated rings. The number of hydrogen-bond acceptors (Lipinski definition) is 3. The number of carbonyl (C=O) groups is 1. The molecule has 0 saturated carbocycles. The Kier molecular flexibility index (Phi) is 5.86. The Bertz CT molecular complexity index is 201. The quantitative estimate of drug-likeness (QED) is 0.745. The first kappa shape index (κ1) is 14.1. The first-order chi connectivity index (χ1) is 6.04. The van der Waals surface area contributed by atoms with Crippen LogP contribution in [0.3, 0.4) is 0 Å². The van der Waals surface area contributed by atoms with E-state index in [1.807, 2.05) is 16.7 Å². The molecule has 14 heavy (non-hydrogen) atoms. The Balaban J connectivity index is 0.00000169. The molecule has 84 valence electrons. The molecule has 0 aromatic heterocycles. The van der Waals surface area contributed by atoms with Gasteiger partial charge in [0.05, 0.1) is 6.04 Å². The van der Waals surface area contributed by atoms with Gasteiger partial charge in [-0.2, -0.15) is 11.8 Å². The molecular formula is C9H19ClN2OS. The standard InChI is InChI=1S/C9H18N2OS.ClH/c1-6(10)9(12)11-4-5-13-8(3)7(11)2;/h6-8H,4-5,10H2,1-3H3;1H. The molecular weight excluding hydrogens is 220 g/mol. The van der Waals surface area contributed by atoms with Crippen molar-refractivity contribution in [1.29, 1.82) is 0 Å². The highest BCUT2D eigenvalue weighted by molar-refractivity contribution is 8.00. The van der Waals surface area contributed by atoms with E-state index in [4.69, 9.17) is 5.73 Å². The van der Waals surface area contributed by atoms with Crippen LogP contribution in [0.5, 0.6) is 0 Å². The van der Waals surface area contributed by atoms with Crippen molar-refractivity contribution in [2.24, 2.45) is 5.73 Å². The summed E-state index contributed by atoms with van der Waals surface area (Å²) >= 11 is 1.92. The number of hydrogen-bond donors (Lipinski definition) is 1. The van der Waals surface area contributed by atoms with Gasteiger partial charge in [-0.05, 0) is 13.8 Å². The van der Waals surface area contributed by atoms with Gasteiger partial charge in [-0.1, -0.05) is 6.92 Å². The Morgan fingerprint density at radius 2 is 2.14 bits per heavy atom. The summed E-state index contributed by atoms with van der Waals surface area (Å²) < 4.78 is 0. The Morgan fingerprint density at radius 1 is 1.57 bits per heavy atom. The summed E-state index contributed by atoms with van der Waals surface area (Å²) in [6.07, 6.45) is 0. The number of rotatable bonds is 1. The smallest absolute Gasteiger partial charge is 0.239 e. The molecule has 1 amide bonds. The molecule has 0 aliphatic carbocycles. The minimum Gasteiger partial charge on any atom is -0.337 e. The number of nitrogens with two attached hydrogens (primary N) is 1. The maximum absolute atomic E-state index is 11.6. The number of carbonyl (C=O) groups excluding carboxylic acids is 1. The lowest BCUT2D eigenvalue weighted by atomic mass is 10.2. The van der Waals surface area contributed by atoms with Gasteiger partial charge in [0.1, 0.15) is 0 Å². The summed E-state index contributed by atoms with van der Waals surface area (Å²) in [7, 11) is 0. The number of amides is 1. The summed E-state index contributed by atoms with van der Waals surface area (Å²) in [6, 6.07) is -0.0463. The van der Waals surface area contributed by atoms with Gasteiger partial charge in [-0.25, -0.2) is 0 Å². The predicted molar refractivity (Wildman–Crippen MR) is 64.0 cm³/mol. The molecule has 0 radical (unpaired) electrons. The molecule has 5 heteroatoms. The summed E-state index contributed by atoms with van der Waals surface area (Å²) in [5, 5.41) is 0.524. The molecule has 1 saturated heterocycles. The average Bonchev–Trinajstić information content (AvgIpc) is 2.08. The van der Waals surface area contributed by atoms with Crippen LogP contribution in [0.25, 0.3) is 0 Å². The fourth-order valence-corrected chi connectivity index (χ4v) is 2.61. The highest BCUT2D eigenvalue weighted by Crippen LogP contribution is 2.24. The normalized spacial score (nSPS) is 29.3. The van der Waals surface area contributed by atoms with Crippen LogP contribution >= 0.6 is 24.2 Å². The van der Waals surface area contributed by atoms with E-state index in [2.05, 4.69) is 13.8 Å². The Labute approximate surface area is 96.2 Å². The topological polar surface area (TPSA) is 46.3 Å². The van der Waals surface area contributed by atoms with Crippen LogP contribution in [0.1, 0.15) is 20.8 Å². The molecule has 1 heterocycles. The summed E-state index contributed by atoms with van der Waals surface area (Å²) in [5.41, 5.74) is 5.58. The molecule has 3 nitrogen and oxygen atoms in total. The largest absolute Gasteiger partial charge is 0.337 e. The van der Waals surface area contributed by atoms with Crippen molar-refractivity contribution in [2.45, 2.75) is 38.1 Å². The third-order valence-electron chi connectivity index (χ3n) is 2.56. The zero-order chi connectivity index (χ0) is 10.0. The summed E-state index contributed by atoms with van der Waals surface area (Å²) in [4.78, 5) is 13.6. The molecule has 2 N–H and O–H groups in total. The van der Waals surface area contributed by atoms with Crippen molar-refractivity contribution in [3.05, 3.63) is 0 Å². The lowest BCUT2D eigenvalue weighted by Gasteiger charge is -2.38. The zero-order valence-corrected chi connectivity index (χ0v) is 10.5.